The second kappa shape index (κ2) is 6.04. The minimum absolute atomic E-state index is 0.127. The predicted octanol–water partition coefficient (Wildman–Crippen LogP) is 2.30. The topological polar surface area (TPSA) is 82.8 Å². The number of aromatic nitrogens is 1. The molecular weight excluding hydrogens is 286 g/mol. The van der Waals surface area contributed by atoms with Gasteiger partial charge in [0.25, 0.3) is 0 Å². The molecule has 1 unspecified atom stereocenters. The van der Waals surface area contributed by atoms with E-state index in [0.717, 1.165) is 5.56 Å². The molecule has 0 bridgehead atoms. The van der Waals surface area contributed by atoms with Gasteiger partial charge < -0.3 is 0 Å². The van der Waals surface area contributed by atoms with Crippen molar-refractivity contribution < 1.29 is 8.42 Å². The van der Waals surface area contributed by atoms with E-state index in [-0.39, 0.29) is 10.9 Å². The zero-order valence-electron chi connectivity index (χ0n) is 11.7. The van der Waals surface area contributed by atoms with Crippen molar-refractivity contribution in [2.24, 2.45) is 0 Å². The molecule has 2 aromatic rings. The fraction of sp³-hybridized carbons (Fsp3) is 0.200. The third-order valence-corrected chi connectivity index (χ3v) is 4.83. The summed E-state index contributed by atoms with van der Waals surface area (Å²) in [5.74, 6) is 0. The summed E-state index contributed by atoms with van der Waals surface area (Å²) >= 11 is 0. The maximum absolute atomic E-state index is 12.5. The van der Waals surface area contributed by atoms with Crippen molar-refractivity contribution in [3.8, 4) is 6.07 Å². The second-order valence-electron chi connectivity index (χ2n) is 4.72. The van der Waals surface area contributed by atoms with Crippen LogP contribution in [0, 0.1) is 18.3 Å². The lowest BCUT2D eigenvalue weighted by Crippen LogP contribution is -2.27. The van der Waals surface area contributed by atoms with Crippen LogP contribution in [0.25, 0.3) is 0 Å². The summed E-state index contributed by atoms with van der Waals surface area (Å²) in [7, 11) is -3.69. The Balaban J connectivity index is 2.33. The number of nitrogens with one attached hydrogen (secondary N) is 1. The smallest absolute Gasteiger partial charge is 0.241 e. The van der Waals surface area contributed by atoms with Crippen molar-refractivity contribution in [2.45, 2.75) is 24.8 Å². The SMILES string of the molecule is Cc1ccc(C#N)cc1S(=O)(=O)NC(C)c1ccncc1. The van der Waals surface area contributed by atoms with Gasteiger partial charge in [0.15, 0.2) is 0 Å². The van der Waals surface area contributed by atoms with Crippen molar-refractivity contribution in [3.63, 3.8) is 0 Å². The quantitative estimate of drug-likeness (QED) is 0.939. The maximum atomic E-state index is 12.5. The molecule has 0 saturated heterocycles. The van der Waals surface area contributed by atoms with Gasteiger partial charge in [0, 0.05) is 18.4 Å². The van der Waals surface area contributed by atoms with Gasteiger partial charge in [-0.05, 0) is 49.2 Å². The van der Waals surface area contributed by atoms with E-state index < -0.39 is 10.0 Å². The highest BCUT2D eigenvalue weighted by Crippen LogP contribution is 2.20. The fourth-order valence-corrected chi connectivity index (χ4v) is 3.48. The highest BCUT2D eigenvalue weighted by atomic mass is 32.2. The molecule has 0 aliphatic rings. The van der Waals surface area contributed by atoms with Crippen molar-refractivity contribution in [1.82, 2.24) is 9.71 Å². The Bertz CT molecular complexity index is 780. The summed E-state index contributed by atoms with van der Waals surface area (Å²) in [4.78, 5) is 4.03. The summed E-state index contributed by atoms with van der Waals surface area (Å²) in [6.45, 7) is 3.46. The van der Waals surface area contributed by atoms with Gasteiger partial charge >= 0.3 is 0 Å². The van der Waals surface area contributed by atoms with E-state index in [1.165, 1.54) is 6.07 Å². The first kappa shape index (κ1) is 15.2. The number of aryl methyl sites for hydroxylation is 1. The van der Waals surface area contributed by atoms with Gasteiger partial charge in [0.2, 0.25) is 10.0 Å². The standard InChI is InChI=1S/C15H15N3O2S/c1-11-3-4-13(10-16)9-15(11)21(19,20)18-12(2)14-5-7-17-8-6-14/h3-9,12,18H,1-2H3. The molecule has 108 valence electrons. The lowest BCUT2D eigenvalue weighted by Gasteiger charge is -2.15. The maximum Gasteiger partial charge on any atom is 0.241 e. The molecule has 1 aromatic heterocycles. The summed E-state index contributed by atoms with van der Waals surface area (Å²) in [6, 6.07) is 9.69. The van der Waals surface area contributed by atoms with Gasteiger partial charge in [-0.3, -0.25) is 4.98 Å². The van der Waals surface area contributed by atoms with E-state index in [2.05, 4.69) is 9.71 Å². The predicted molar refractivity (Wildman–Crippen MR) is 78.9 cm³/mol. The van der Waals surface area contributed by atoms with Gasteiger partial charge in [0.1, 0.15) is 0 Å². The number of nitriles is 1. The first-order chi connectivity index (χ1) is 9.94. The highest BCUT2D eigenvalue weighted by molar-refractivity contribution is 7.89. The second-order valence-corrected chi connectivity index (χ2v) is 6.40. The van der Waals surface area contributed by atoms with Gasteiger partial charge in [-0.25, -0.2) is 13.1 Å². The fourth-order valence-electron chi connectivity index (χ4n) is 1.98. The van der Waals surface area contributed by atoms with Crippen LogP contribution in [-0.2, 0) is 10.0 Å². The Labute approximate surface area is 124 Å². The molecule has 5 nitrogen and oxygen atoms in total. The lowest BCUT2D eigenvalue weighted by atomic mass is 10.1. The number of hydrogen-bond acceptors (Lipinski definition) is 4. The number of benzene rings is 1. The molecule has 1 atom stereocenters. The monoisotopic (exact) mass is 301 g/mol. The zero-order valence-corrected chi connectivity index (χ0v) is 12.6. The molecule has 0 radical (unpaired) electrons. The first-order valence-electron chi connectivity index (χ1n) is 6.37. The van der Waals surface area contributed by atoms with Crippen LogP contribution >= 0.6 is 0 Å². The summed E-state index contributed by atoms with van der Waals surface area (Å²) in [5.41, 5.74) is 1.74. The summed E-state index contributed by atoms with van der Waals surface area (Å²) < 4.78 is 27.6. The van der Waals surface area contributed by atoms with Gasteiger partial charge in [0.05, 0.1) is 16.5 Å². The molecule has 0 amide bonds. The van der Waals surface area contributed by atoms with Gasteiger partial charge in [-0.15, -0.1) is 0 Å². The highest BCUT2D eigenvalue weighted by Gasteiger charge is 2.20. The minimum atomic E-state index is -3.69. The lowest BCUT2D eigenvalue weighted by molar-refractivity contribution is 0.566. The normalized spacial score (nSPS) is 12.6. The van der Waals surface area contributed by atoms with Crippen molar-refractivity contribution in [1.29, 1.82) is 5.26 Å². The summed E-state index contributed by atoms with van der Waals surface area (Å²) in [5, 5.41) is 8.91. The number of sulfonamides is 1. The van der Waals surface area contributed by atoms with Crippen LogP contribution in [0.5, 0.6) is 0 Å². The molecule has 1 heterocycles. The number of rotatable bonds is 4. The van der Waals surface area contributed by atoms with E-state index in [9.17, 15) is 8.42 Å². The van der Waals surface area contributed by atoms with Crippen molar-refractivity contribution in [2.75, 3.05) is 0 Å². The molecule has 6 heteroatoms. The molecule has 21 heavy (non-hydrogen) atoms. The molecule has 2 rings (SSSR count). The Morgan fingerprint density at radius 2 is 1.90 bits per heavy atom. The molecular formula is C15H15N3O2S. The van der Waals surface area contributed by atoms with Crippen LogP contribution in [0.1, 0.15) is 29.7 Å². The molecule has 0 aliphatic carbocycles. The van der Waals surface area contributed by atoms with E-state index in [1.807, 2.05) is 6.07 Å². The van der Waals surface area contributed by atoms with E-state index in [1.54, 1.807) is 50.5 Å². The van der Waals surface area contributed by atoms with Crippen LogP contribution in [0.15, 0.2) is 47.6 Å². The van der Waals surface area contributed by atoms with Crippen molar-refractivity contribution in [3.05, 3.63) is 59.4 Å². The molecule has 0 spiro atoms. The molecule has 0 aliphatic heterocycles. The Hall–Kier alpha value is -2.23. The van der Waals surface area contributed by atoms with Crippen LogP contribution in [0.3, 0.4) is 0 Å². The Morgan fingerprint density at radius 1 is 1.24 bits per heavy atom. The van der Waals surface area contributed by atoms with E-state index in [0.29, 0.717) is 11.1 Å². The average molecular weight is 301 g/mol. The third-order valence-electron chi connectivity index (χ3n) is 3.14. The van der Waals surface area contributed by atoms with Crippen molar-refractivity contribution >= 4 is 10.0 Å². The average Bonchev–Trinajstić information content (AvgIpc) is 2.48. The van der Waals surface area contributed by atoms with Crippen LogP contribution in [0.2, 0.25) is 0 Å². The summed E-state index contributed by atoms with van der Waals surface area (Å²) in [6.07, 6.45) is 3.23. The Kier molecular flexibility index (Phi) is 4.36. The van der Waals surface area contributed by atoms with Gasteiger partial charge in [-0.1, -0.05) is 6.07 Å². The van der Waals surface area contributed by atoms with Crippen LogP contribution in [0.4, 0.5) is 0 Å². The Morgan fingerprint density at radius 3 is 2.52 bits per heavy atom. The molecule has 0 saturated carbocycles. The number of hydrogen-bond donors (Lipinski definition) is 1. The third kappa shape index (κ3) is 3.45. The zero-order chi connectivity index (χ0) is 15.5. The van der Waals surface area contributed by atoms with E-state index >= 15 is 0 Å². The number of nitrogens with zero attached hydrogens (tertiary/aromatic N) is 2. The molecule has 1 N–H and O–H groups in total. The largest absolute Gasteiger partial charge is 0.265 e. The first-order valence-corrected chi connectivity index (χ1v) is 7.85. The van der Waals surface area contributed by atoms with Gasteiger partial charge in [-0.2, -0.15) is 5.26 Å². The van der Waals surface area contributed by atoms with E-state index in [4.69, 9.17) is 5.26 Å². The molecule has 1 aromatic carbocycles. The minimum Gasteiger partial charge on any atom is -0.265 e. The molecule has 0 fully saturated rings. The van der Waals surface area contributed by atoms with Crippen LogP contribution < -0.4 is 4.72 Å². The number of pyridine rings is 1. The van der Waals surface area contributed by atoms with Crippen LogP contribution in [-0.4, -0.2) is 13.4 Å².